The van der Waals surface area contributed by atoms with E-state index in [1.165, 1.54) is 24.8 Å². The molecule has 2 aliphatic rings. The van der Waals surface area contributed by atoms with E-state index >= 15 is 0 Å². The molecule has 1 aromatic carbocycles. The minimum Gasteiger partial charge on any atom is -0.482 e. The Balaban J connectivity index is 1.71. The second-order valence-corrected chi connectivity index (χ2v) is 6.87. The standard InChI is InChI=1S/C16H22N2O2S/c1-10(17-12-4-3-5-15(12)21-2)11-6-7-14-13(8-11)18-16(19)9-20-14/h6-8,10,12,15,17H,3-5,9H2,1-2H3,(H,18,19). The average molecular weight is 306 g/mol. The molecule has 3 atom stereocenters. The minimum atomic E-state index is -0.0847. The number of nitrogens with one attached hydrogen (secondary N) is 2. The van der Waals surface area contributed by atoms with E-state index in [0.29, 0.717) is 11.3 Å². The van der Waals surface area contributed by atoms with Crippen LogP contribution in [-0.2, 0) is 4.79 Å². The van der Waals surface area contributed by atoms with E-state index in [9.17, 15) is 4.79 Å². The lowest BCUT2D eigenvalue weighted by Gasteiger charge is -2.25. The van der Waals surface area contributed by atoms with Gasteiger partial charge in [-0.15, -0.1) is 0 Å². The van der Waals surface area contributed by atoms with E-state index in [4.69, 9.17) is 4.74 Å². The Hall–Kier alpha value is -1.20. The van der Waals surface area contributed by atoms with Gasteiger partial charge in [-0.2, -0.15) is 11.8 Å². The van der Waals surface area contributed by atoms with E-state index in [2.05, 4.69) is 29.9 Å². The van der Waals surface area contributed by atoms with E-state index < -0.39 is 0 Å². The predicted octanol–water partition coefficient (Wildman–Crippen LogP) is 2.95. The van der Waals surface area contributed by atoms with Crippen LogP contribution in [0.15, 0.2) is 18.2 Å². The lowest BCUT2D eigenvalue weighted by atomic mass is 10.0. The highest BCUT2D eigenvalue weighted by molar-refractivity contribution is 7.99. The lowest BCUT2D eigenvalue weighted by Crippen LogP contribution is -2.36. The van der Waals surface area contributed by atoms with Crippen LogP contribution in [0, 0.1) is 0 Å². The third-order valence-corrected chi connectivity index (χ3v) is 5.53. The van der Waals surface area contributed by atoms with Gasteiger partial charge >= 0.3 is 0 Å². The SMILES string of the molecule is CSC1CCCC1NC(C)c1ccc2c(c1)NC(=O)CO2. The summed E-state index contributed by atoms with van der Waals surface area (Å²) in [5.41, 5.74) is 1.97. The number of anilines is 1. The molecule has 1 aliphatic carbocycles. The zero-order chi connectivity index (χ0) is 14.8. The Kier molecular flexibility index (Phi) is 4.40. The first-order valence-electron chi connectivity index (χ1n) is 7.53. The zero-order valence-electron chi connectivity index (χ0n) is 12.5. The quantitative estimate of drug-likeness (QED) is 0.898. The second kappa shape index (κ2) is 6.28. The van der Waals surface area contributed by atoms with Gasteiger partial charge in [0.05, 0.1) is 5.69 Å². The predicted molar refractivity (Wildman–Crippen MR) is 87.1 cm³/mol. The van der Waals surface area contributed by atoms with Gasteiger partial charge in [0.15, 0.2) is 6.61 Å². The van der Waals surface area contributed by atoms with Crippen molar-refractivity contribution < 1.29 is 9.53 Å². The number of fused-ring (bicyclic) bond motifs is 1. The summed E-state index contributed by atoms with van der Waals surface area (Å²) in [6.07, 6.45) is 6.06. The van der Waals surface area contributed by atoms with E-state index in [0.717, 1.165) is 11.4 Å². The van der Waals surface area contributed by atoms with Gasteiger partial charge in [0, 0.05) is 17.3 Å². The van der Waals surface area contributed by atoms with Gasteiger partial charge in [-0.1, -0.05) is 12.5 Å². The van der Waals surface area contributed by atoms with Crippen molar-refractivity contribution in [2.24, 2.45) is 0 Å². The number of ether oxygens (including phenoxy) is 1. The van der Waals surface area contributed by atoms with Gasteiger partial charge in [-0.3, -0.25) is 4.79 Å². The molecular formula is C16H22N2O2S. The van der Waals surface area contributed by atoms with Crippen molar-refractivity contribution >= 4 is 23.4 Å². The van der Waals surface area contributed by atoms with Crippen LogP contribution in [0.25, 0.3) is 0 Å². The minimum absolute atomic E-state index is 0.0847. The molecule has 1 saturated carbocycles. The summed E-state index contributed by atoms with van der Waals surface area (Å²) in [7, 11) is 0. The molecule has 0 radical (unpaired) electrons. The summed E-state index contributed by atoms with van der Waals surface area (Å²) in [5, 5.41) is 7.33. The van der Waals surface area contributed by atoms with Gasteiger partial charge in [-0.25, -0.2) is 0 Å². The van der Waals surface area contributed by atoms with Gasteiger partial charge in [0.25, 0.3) is 5.91 Å². The number of carbonyl (C=O) groups excluding carboxylic acids is 1. The molecule has 21 heavy (non-hydrogen) atoms. The highest BCUT2D eigenvalue weighted by Crippen LogP contribution is 2.33. The molecule has 0 saturated heterocycles. The van der Waals surface area contributed by atoms with Crippen LogP contribution in [0.2, 0.25) is 0 Å². The van der Waals surface area contributed by atoms with Gasteiger partial charge in [0.2, 0.25) is 0 Å². The molecular weight excluding hydrogens is 284 g/mol. The first-order valence-corrected chi connectivity index (χ1v) is 8.81. The second-order valence-electron chi connectivity index (χ2n) is 5.79. The fourth-order valence-electron chi connectivity index (χ4n) is 3.19. The molecule has 0 aromatic heterocycles. The number of amides is 1. The highest BCUT2D eigenvalue weighted by Gasteiger charge is 2.28. The average Bonchev–Trinajstić information content (AvgIpc) is 2.93. The molecule has 1 aliphatic heterocycles. The molecule has 1 amide bonds. The fourth-order valence-corrected chi connectivity index (χ4v) is 4.13. The summed E-state index contributed by atoms with van der Waals surface area (Å²) in [6.45, 7) is 2.29. The summed E-state index contributed by atoms with van der Waals surface area (Å²) < 4.78 is 5.40. The lowest BCUT2D eigenvalue weighted by molar-refractivity contribution is -0.118. The van der Waals surface area contributed by atoms with Crippen molar-refractivity contribution in [3.63, 3.8) is 0 Å². The normalized spacial score (nSPS) is 25.9. The number of thioether (sulfide) groups is 1. The van der Waals surface area contributed by atoms with E-state index in [-0.39, 0.29) is 18.6 Å². The van der Waals surface area contributed by atoms with Crippen molar-refractivity contribution in [2.45, 2.75) is 43.5 Å². The van der Waals surface area contributed by atoms with Crippen molar-refractivity contribution in [1.82, 2.24) is 5.32 Å². The largest absolute Gasteiger partial charge is 0.482 e. The molecule has 5 heteroatoms. The van der Waals surface area contributed by atoms with Crippen molar-refractivity contribution in [1.29, 1.82) is 0 Å². The first-order chi connectivity index (χ1) is 10.2. The maximum absolute atomic E-state index is 11.4. The highest BCUT2D eigenvalue weighted by atomic mass is 32.2. The monoisotopic (exact) mass is 306 g/mol. The van der Waals surface area contributed by atoms with Crippen LogP contribution >= 0.6 is 11.8 Å². The summed E-state index contributed by atoms with van der Waals surface area (Å²) in [4.78, 5) is 11.4. The number of benzene rings is 1. The molecule has 1 fully saturated rings. The Morgan fingerprint density at radius 2 is 2.29 bits per heavy atom. The molecule has 1 heterocycles. The number of hydrogen-bond acceptors (Lipinski definition) is 4. The molecule has 0 bridgehead atoms. The molecule has 114 valence electrons. The maximum atomic E-state index is 11.4. The molecule has 1 aromatic rings. The van der Waals surface area contributed by atoms with E-state index in [1.54, 1.807) is 0 Å². The van der Waals surface area contributed by atoms with Crippen molar-refractivity contribution in [3.8, 4) is 5.75 Å². The van der Waals surface area contributed by atoms with Gasteiger partial charge < -0.3 is 15.4 Å². The van der Waals surface area contributed by atoms with Crippen LogP contribution in [0.1, 0.15) is 37.8 Å². The third kappa shape index (κ3) is 3.19. The number of rotatable bonds is 4. The number of carbonyl (C=O) groups is 1. The van der Waals surface area contributed by atoms with Crippen molar-refractivity contribution in [3.05, 3.63) is 23.8 Å². The molecule has 3 rings (SSSR count). The van der Waals surface area contributed by atoms with Crippen molar-refractivity contribution in [2.75, 3.05) is 18.2 Å². The zero-order valence-corrected chi connectivity index (χ0v) is 13.3. The third-order valence-electron chi connectivity index (χ3n) is 4.36. The van der Waals surface area contributed by atoms with E-state index in [1.807, 2.05) is 23.9 Å². The molecule has 3 unspecified atom stereocenters. The molecule has 4 nitrogen and oxygen atoms in total. The smallest absolute Gasteiger partial charge is 0.262 e. The molecule has 2 N–H and O–H groups in total. The van der Waals surface area contributed by atoms with Gasteiger partial charge in [-0.05, 0) is 43.7 Å². The van der Waals surface area contributed by atoms with Crippen LogP contribution in [0.4, 0.5) is 5.69 Å². The summed E-state index contributed by atoms with van der Waals surface area (Å²) in [5.74, 6) is 0.673. The first kappa shape index (κ1) is 14.7. The van der Waals surface area contributed by atoms with Crippen LogP contribution in [-0.4, -0.2) is 30.1 Å². The topological polar surface area (TPSA) is 50.4 Å². The Morgan fingerprint density at radius 3 is 3.10 bits per heavy atom. The fraction of sp³-hybridized carbons (Fsp3) is 0.562. The molecule has 0 spiro atoms. The Labute approximate surface area is 130 Å². The summed E-state index contributed by atoms with van der Waals surface area (Å²) in [6, 6.07) is 6.90. The number of hydrogen-bond donors (Lipinski definition) is 2. The van der Waals surface area contributed by atoms with Gasteiger partial charge in [0.1, 0.15) is 5.75 Å². The Bertz CT molecular complexity index is 535. The van der Waals surface area contributed by atoms with Crippen LogP contribution < -0.4 is 15.4 Å². The van der Waals surface area contributed by atoms with Crippen LogP contribution in [0.3, 0.4) is 0 Å². The Morgan fingerprint density at radius 1 is 1.43 bits per heavy atom. The maximum Gasteiger partial charge on any atom is 0.262 e. The van der Waals surface area contributed by atoms with Crippen LogP contribution in [0.5, 0.6) is 5.75 Å². The summed E-state index contributed by atoms with van der Waals surface area (Å²) >= 11 is 1.96.